The molecule has 2 N–H and O–H groups in total. The zero-order valence-electron chi connectivity index (χ0n) is 14.3. The second-order valence-corrected chi connectivity index (χ2v) is 7.03. The van der Waals surface area contributed by atoms with Crippen molar-refractivity contribution < 1.29 is 9.18 Å². The molecule has 0 radical (unpaired) electrons. The van der Waals surface area contributed by atoms with Crippen LogP contribution in [-0.2, 0) is 4.79 Å². The van der Waals surface area contributed by atoms with Crippen molar-refractivity contribution in [2.24, 2.45) is 0 Å². The van der Waals surface area contributed by atoms with E-state index in [1.165, 1.54) is 30.6 Å². The molecule has 1 aromatic heterocycles. The highest BCUT2D eigenvalue weighted by Gasteiger charge is 2.33. The maximum atomic E-state index is 13.1. The molecule has 0 spiro atoms. The maximum Gasteiger partial charge on any atom is 0.255 e. The lowest BCUT2D eigenvalue weighted by molar-refractivity contribution is -0.113. The molecule has 6 nitrogen and oxygen atoms in total. The Kier molecular flexibility index (Phi) is 4.49. The summed E-state index contributed by atoms with van der Waals surface area (Å²) >= 11 is 3.48. The minimum absolute atomic E-state index is 0.294. The molecule has 0 saturated carbocycles. The number of nitrogens with one attached hydrogen (secondary N) is 2. The summed E-state index contributed by atoms with van der Waals surface area (Å²) in [6, 6.07) is 12.9. The highest BCUT2D eigenvalue weighted by atomic mass is 79.9. The Morgan fingerprint density at radius 3 is 2.78 bits per heavy atom. The minimum Gasteiger partial charge on any atom is -0.328 e. The molecule has 1 aliphatic rings. The zero-order chi connectivity index (χ0) is 19.0. The van der Waals surface area contributed by atoms with E-state index in [4.69, 9.17) is 0 Å². The molecule has 0 bridgehead atoms. The summed E-state index contributed by atoms with van der Waals surface area (Å²) in [4.78, 5) is 17.3. The number of amides is 1. The largest absolute Gasteiger partial charge is 0.328 e. The fraction of sp³-hybridized carbons (Fsp3) is 0.105. The molecule has 4 rings (SSSR count). The van der Waals surface area contributed by atoms with Crippen LogP contribution < -0.4 is 10.6 Å². The minimum atomic E-state index is -0.443. The second-order valence-electron chi connectivity index (χ2n) is 6.11. The monoisotopic (exact) mass is 427 g/mol. The predicted octanol–water partition coefficient (Wildman–Crippen LogP) is 4.11. The van der Waals surface area contributed by atoms with Gasteiger partial charge in [-0.1, -0.05) is 28.1 Å². The maximum absolute atomic E-state index is 13.1. The van der Waals surface area contributed by atoms with Crippen LogP contribution >= 0.6 is 15.9 Å². The molecule has 2 aromatic carbocycles. The summed E-state index contributed by atoms with van der Waals surface area (Å²) in [6.07, 6.45) is 1.45. The molecule has 1 aliphatic heterocycles. The summed E-state index contributed by atoms with van der Waals surface area (Å²) in [5.41, 5.74) is 2.59. The van der Waals surface area contributed by atoms with Gasteiger partial charge in [0, 0.05) is 15.9 Å². The van der Waals surface area contributed by atoms with Crippen LogP contribution in [0.4, 0.5) is 16.0 Å². The van der Waals surface area contributed by atoms with Crippen molar-refractivity contribution in [3.05, 3.63) is 82.0 Å². The van der Waals surface area contributed by atoms with Gasteiger partial charge in [0.05, 0.1) is 5.57 Å². The standard InChI is InChI=1S/C19H15BrFN5O/c1-11-16(18(27)25-15-7-5-14(21)6-8-15)17(12-3-2-4-13(20)9-12)26-19(24-11)22-10-23-26/h2-10,17H,1H3,(H,25,27)(H,22,23,24)/t17-/m1/s1. The van der Waals surface area contributed by atoms with Gasteiger partial charge in [-0.3, -0.25) is 4.79 Å². The Morgan fingerprint density at radius 1 is 1.26 bits per heavy atom. The number of benzene rings is 2. The number of carbonyl (C=O) groups is 1. The number of nitrogens with zero attached hydrogens (tertiary/aromatic N) is 3. The molecular weight excluding hydrogens is 413 g/mol. The Morgan fingerprint density at radius 2 is 2.04 bits per heavy atom. The van der Waals surface area contributed by atoms with Gasteiger partial charge < -0.3 is 10.6 Å². The van der Waals surface area contributed by atoms with Crippen molar-refractivity contribution in [3.8, 4) is 0 Å². The SMILES string of the molecule is CC1=C(C(=O)Nc2ccc(F)cc2)[C@@H](c2cccc(Br)c2)n2ncnc2N1. The molecule has 8 heteroatoms. The van der Waals surface area contributed by atoms with Gasteiger partial charge >= 0.3 is 0 Å². The average molecular weight is 428 g/mol. The molecule has 0 fully saturated rings. The topological polar surface area (TPSA) is 71.8 Å². The number of carbonyl (C=O) groups excluding carboxylic acids is 1. The van der Waals surface area contributed by atoms with Crippen LogP contribution in [-0.4, -0.2) is 20.7 Å². The van der Waals surface area contributed by atoms with Gasteiger partial charge in [0.2, 0.25) is 5.95 Å². The van der Waals surface area contributed by atoms with Gasteiger partial charge in [-0.15, -0.1) is 0 Å². The molecular formula is C19H15BrFN5O. The van der Waals surface area contributed by atoms with E-state index >= 15 is 0 Å². The van der Waals surface area contributed by atoms with E-state index in [0.717, 1.165) is 10.0 Å². The van der Waals surface area contributed by atoms with Crippen LogP contribution in [0.3, 0.4) is 0 Å². The van der Waals surface area contributed by atoms with E-state index in [1.54, 1.807) is 4.68 Å². The molecule has 0 aliphatic carbocycles. The van der Waals surface area contributed by atoms with E-state index in [9.17, 15) is 9.18 Å². The summed E-state index contributed by atoms with van der Waals surface area (Å²) in [5, 5.41) is 10.2. The number of rotatable bonds is 3. The van der Waals surface area contributed by atoms with Gasteiger partial charge in [-0.2, -0.15) is 10.1 Å². The van der Waals surface area contributed by atoms with E-state index in [0.29, 0.717) is 22.9 Å². The predicted molar refractivity (Wildman–Crippen MR) is 104 cm³/mol. The summed E-state index contributed by atoms with van der Waals surface area (Å²) in [6.45, 7) is 1.82. The third-order valence-electron chi connectivity index (χ3n) is 4.31. The molecule has 0 unspecified atom stereocenters. The molecule has 2 heterocycles. The Balaban J connectivity index is 1.76. The average Bonchev–Trinajstić information content (AvgIpc) is 3.10. The van der Waals surface area contributed by atoms with Crippen LogP contribution in [0.25, 0.3) is 0 Å². The normalized spacial score (nSPS) is 15.9. The first-order valence-electron chi connectivity index (χ1n) is 8.22. The summed E-state index contributed by atoms with van der Waals surface area (Å²) in [7, 11) is 0. The Labute approximate surface area is 163 Å². The summed E-state index contributed by atoms with van der Waals surface area (Å²) < 4.78 is 15.7. The van der Waals surface area contributed by atoms with Crippen molar-refractivity contribution >= 4 is 33.5 Å². The molecule has 1 amide bonds. The zero-order valence-corrected chi connectivity index (χ0v) is 15.9. The number of halogens is 2. The van der Waals surface area contributed by atoms with Crippen molar-refractivity contribution in [2.75, 3.05) is 10.6 Å². The van der Waals surface area contributed by atoms with Gasteiger partial charge in [-0.05, 0) is 48.9 Å². The lowest BCUT2D eigenvalue weighted by atomic mass is 9.95. The number of fused-ring (bicyclic) bond motifs is 1. The van der Waals surface area contributed by atoms with Crippen molar-refractivity contribution in [2.45, 2.75) is 13.0 Å². The van der Waals surface area contributed by atoms with Crippen LogP contribution in [0.15, 0.2) is 70.6 Å². The van der Waals surface area contributed by atoms with Crippen LogP contribution in [0.1, 0.15) is 18.5 Å². The number of allylic oxidation sites excluding steroid dienone is 1. The lowest BCUT2D eigenvalue weighted by Crippen LogP contribution is -2.31. The summed E-state index contributed by atoms with van der Waals surface area (Å²) in [5.74, 6) is -0.0875. The number of anilines is 2. The molecule has 0 saturated heterocycles. The Hall–Kier alpha value is -3.00. The van der Waals surface area contributed by atoms with E-state index in [-0.39, 0.29) is 11.7 Å². The van der Waals surface area contributed by atoms with Crippen molar-refractivity contribution in [1.82, 2.24) is 14.8 Å². The smallest absolute Gasteiger partial charge is 0.255 e. The van der Waals surface area contributed by atoms with Gasteiger partial charge in [0.1, 0.15) is 18.2 Å². The first-order valence-corrected chi connectivity index (χ1v) is 9.02. The van der Waals surface area contributed by atoms with Gasteiger partial charge in [0.25, 0.3) is 5.91 Å². The number of hydrogen-bond donors (Lipinski definition) is 2. The highest BCUT2D eigenvalue weighted by Crippen LogP contribution is 2.35. The molecule has 1 atom stereocenters. The third kappa shape index (κ3) is 3.35. The van der Waals surface area contributed by atoms with Crippen LogP contribution in [0, 0.1) is 5.82 Å². The second kappa shape index (κ2) is 6.96. The molecule has 3 aromatic rings. The quantitative estimate of drug-likeness (QED) is 0.659. The van der Waals surface area contributed by atoms with E-state index < -0.39 is 6.04 Å². The highest BCUT2D eigenvalue weighted by molar-refractivity contribution is 9.10. The fourth-order valence-electron chi connectivity index (χ4n) is 3.10. The van der Waals surface area contributed by atoms with Gasteiger partial charge in [0.15, 0.2) is 0 Å². The number of hydrogen-bond acceptors (Lipinski definition) is 4. The molecule has 27 heavy (non-hydrogen) atoms. The lowest BCUT2D eigenvalue weighted by Gasteiger charge is -2.28. The Bertz CT molecular complexity index is 1040. The van der Waals surface area contributed by atoms with E-state index in [1.807, 2.05) is 31.2 Å². The first-order chi connectivity index (χ1) is 13.0. The van der Waals surface area contributed by atoms with Crippen LogP contribution in [0.5, 0.6) is 0 Å². The first kappa shape index (κ1) is 17.4. The fourth-order valence-corrected chi connectivity index (χ4v) is 3.52. The number of aromatic nitrogens is 3. The van der Waals surface area contributed by atoms with Gasteiger partial charge in [-0.25, -0.2) is 9.07 Å². The van der Waals surface area contributed by atoms with Crippen molar-refractivity contribution in [3.63, 3.8) is 0 Å². The van der Waals surface area contributed by atoms with Crippen molar-refractivity contribution in [1.29, 1.82) is 0 Å². The third-order valence-corrected chi connectivity index (χ3v) is 4.80. The van der Waals surface area contributed by atoms with Crippen LogP contribution in [0.2, 0.25) is 0 Å². The van der Waals surface area contributed by atoms with E-state index in [2.05, 4.69) is 36.6 Å². The molecule has 136 valence electrons.